The van der Waals surface area contributed by atoms with Crippen molar-refractivity contribution in [3.05, 3.63) is 35.1 Å². The van der Waals surface area contributed by atoms with Crippen LogP contribution < -0.4 is 0 Å². The number of hydrogen-bond donors (Lipinski definition) is 1. The molecule has 2 unspecified atom stereocenters. The first-order valence-corrected chi connectivity index (χ1v) is 8.60. The third kappa shape index (κ3) is 3.61. The van der Waals surface area contributed by atoms with Gasteiger partial charge in [-0.05, 0) is 43.0 Å². The highest BCUT2D eigenvalue weighted by Crippen LogP contribution is 2.35. The Morgan fingerprint density at radius 1 is 1.28 bits per heavy atom. The van der Waals surface area contributed by atoms with Crippen LogP contribution in [0.2, 0.25) is 0 Å². The van der Waals surface area contributed by atoms with Crippen LogP contribution in [0.25, 0.3) is 0 Å². The topological polar surface area (TPSA) is 64.1 Å². The molecule has 0 spiro atoms. The Kier molecular flexibility index (Phi) is 4.94. The molecule has 0 bridgehead atoms. The lowest BCUT2D eigenvalue weighted by molar-refractivity contribution is -0.136. The summed E-state index contributed by atoms with van der Waals surface area (Å²) in [5.41, 5.74) is 1.60. The largest absolute Gasteiger partial charge is 0.465 e. The zero-order valence-corrected chi connectivity index (χ0v) is 14.6. The summed E-state index contributed by atoms with van der Waals surface area (Å²) in [5.74, 6) is -0.221. The van der Waals surface area contributed by atoms with E-state index in [4.69, 9.17) is 0 Å². The van der Waals surface area contributed by atoms with Crippen LogP contribution in [0.5, 0.6) is 0 Å². The molecule has 2 heterocycles. The maximum absolute atomic E-state index is 13.4. The maximum Gasteiger partial charge on any atom is 0.407 e. The number of carboxylic acid groups (broad SMARTS) is 1. The average molecular weight is 349 g/mol. The molecule has 2 fully saturated rings. The maximum atomic E-state index is 13.4. The van der Waals surface area contributed by atoms with Crippen LogP contribution in [-0.4, -0.2) is 71.1 Å². The van der Waals surface area contributed by atoms with E-state index < -0.39 is 6.09 Å². The van der Waals surface area contributed by atoms with E-state index in [9.17, 15) is 19.1 Å². The van der Waals surface area contributed by atoms with Crippen molar-refractivity contribution in [3.63, 3.8) is 0 Å². The fourth-order valence-electron chi connectivity index (χ4n) is 3.90. The Morgan fingerprint density at radius 2 is 2.04 bits per heavy atom. The van der Waals surface area contributed by atoms with Crippen LogP contribution in [-0.2, 0) is 4.79 Å². The van der Waals surface area contributed by atoms with E-state index in [-0.39, 0.29) is 23.8 Å². The quantitative estimate of drug-likeness (QED) is 0.888. The lowest BCUT2D eigenvalue weighted by Gasteiger charge is -2.44. The van der Waals surface area contributed by atoms with Gasteiger partial charge in [-0.25, -0.2) is 9.18 Å². The van der Waals surface area contributed by atoms with Crippen LogP contribution in [0.4, 0.5) is 9.18 Å². The molecule has 0 radical (unpaired) electrons. The predicted octanol–water partition coefficient (Wildman–Crippen LogP) is 2.09. The van der Waals surface area contributed by atoms with Crippen molar-refractivity contribution < 1.29 is 19.1 Å². The number of hydrogen-bond acceptors (Lipinski definition) is 3. The molecule has 7 heteroatoms. The zero-order valence-electron chi connectivity index (χ0n) is 14.6. The van der Waals surface area contributed by atoms with Gasteiger partial charge in [0.15, 0.2) is 0 Å². The number of amides is 2. The standard InChI is InChI=1S/C18H24FN3O3/c1-12-9-13(19)3-4-15(12)16-10-14(5-6-22(16)18(24)25)21-8-7-20(2)17(23)11-21/h3-4,9,14,16H,5-8,10-11H2,1-2H3,(H,24,25). The molecule has 3 rings (SSSR count). The SMILES string of the molecule is Cc1cc(F)ccc1C1CC(N2CCN(C)C(=O)C2)CCN1C(=O)O. The summed E-state index contributed by atoms with van der Waals surface area (Å²) in [4.78, 5) is 29.0. The molecule has 1 aromatic rings. The molecule has 2 aliphatic heterocycles. The van der Waals surface area contributed by atoms with E-state index in [0.717, 1.165) is 17.7 Å². The van der Waals surface area contributed by atoms with Gasteiger partial charge in [0.2, 0.25) is 5.91 Å². The van der Waals surface area contributed by atoms with Gasteiger partial charge in [0.1, 0.15) is 5.82 Å². The normalized spacial score (nSPS) is 25.3. The highest BCUT2D eigenvalue weighted by atomic mass is 19.1. The van der Waals surface area contributed by atoms with E-state index in [1.165, 1.54) is 17.0 Å². The van der Waals surface area contributed by atoms with Crippen LogP contribution >= 0.6 is 0 Å². The third-order valence-electron chi connectivity index (χ3n) is 5.41. The highest BCUT2D eigenvalue weighted by Gasteiger charge is 2.37. The second-order valence-electron chi connectivity index (χ2n) is 6.96. The van der Waals surface area contributed by atoms with Crippen molar-refractivity contribution in [1.82, 2.24) is 14.7 Å². The molecular weight excluding hydrogens is 325 g/mol. The van der Waals surface area contributed by atoms with Crippen molar-refractivity contribution in [1.29, 1.82) is 0 Å². The fraction of sp³-hybridized carbons (Fsp3) is 0.556. The van der Waals surface area contributed by atoms with Crippen LogP contribution in [0.15, 0.2) is 18.2 Å². The minimum Gasteiger partial charge on any atom is -0.465 e. The number of piperazine rings is 1. The Hall–Kier alpha value is -2.15. The van der Waals surface area contributed by atoms with Gasteiger partial charge in [0.05, 0.1) is 12.6 Å². The van der Waals surface area contributed by atoms with Crippen LogP contribution in [0.1, 0.15) is 30.0 Å². The van der Waals surface area contributed by atoms with Gasteiger partial charge in [-0.3, -0.25) is 9.69 Å². The summed E-state index contributed by atoms with van der Waals surface area (Å²) in [6.07, 6.45) is 0.372. The Morgan fingerprint density at radius 3 is 2.68 bits per heavy atom. The van der Waals surface area contributed by atoms with E-state index in [0.29, 0.717) is 32.5 Å². The number of nitrogens with zero attached hydrogens (tertiary/aromatic N) is 3. The van der Waals surface area contributed by atoms with Crippen LogP contribution in [0, 0.1) is 12.7 Å². The average Bonchev–Trinajstić information content (AvgIpc) is 2.57. The second-order valence-corrected chi connectivity index (χ2v) is 6.96. The van der Waals surface area contributed by atoms with E-state index in [2.05, 4.69) is 4.90 Å². The number of carbonyl (C=O) groups is 2. The minimum absolute atomic E-state index is 0.0985. The number of aryl methyl sites for hydroxylation is 1. The van der Waals surface area contributed by atoms with Gasteiger partial charge in [0.25, 0.3) is 0 Å². The first kappa shape index (κ1) is 17.7. The molecule has 2 amide bonds. The predicted molar refractivity (Wildman–Crippen MR) is 90.8 cm³/mol. The van der Waals surface area contributed by atoms with Gasteiger partial charge in [-0.1, -0.05) is 6.07 Å². The number of likely N-dealkylation sites (tertiary alicyclic amines) is 1. The van der Waals surface area contributed by atoms with Gasteiger partial charge in [0, 0.05) is 32.7 Å². The van der Waals surface area contributed by atoms with Crippen molar-refractivity contribution in [2.24, 2.45) is 0 Å². The first-order chi connectivity index (χ1) is 11.9. The van der Waals surface area contributed by atoms with E-state index >= 15 is 0 Å². The number of benzene rings is 1. The monoisotopic (exact) mass is 349 g/mol. The van der Waals surface area contributed by atoms with Crippen molar-refractivity contribution >= 4 is 12.0 Å². The third-order valence-corrected chi connectivity index (χ3v) is 5.41. The van der Waals surface area contributed by atoms with E-state index in [1.807, 2.05) is 0 Å². The van der Waals surface area contributed by atoms with Crippen molar-refractivity contribution in [2.75, 3.05) is 33.2 Å². The molecule has 2 atom stereocenters. The first-order valence-electron chi connectivity index (χ1n) is 8.60. The van der Waals surface area contributed by atoms with Crippen molar-refractivity contribution in [3.8, 4) is 0 Å². The molecule has 25 heavy (non-hydrogen) atoms. The smallest absolute Gasteiger partial charge is 0.407 e. The number of piperidine rings is 1. The molecule has 0 saturated carbocycles. The molecular formula is C18H24FN3O3. The lowest BCUT2D eigenvalue weighted by Crippen LogP contribution is -2.55. The fourth-order valence-corrected chi connectivity index (χ4v) is 3.90. The van der Waals surface area contributed by atoms with Gasteiger partial charge in [-0.2, -0.15) is 0 Å². The molecule has 1 aromatic carbocycles. The summed E-state index contributed by atoms with van der Waals surface area (Å²) in [6.45, 7) is 4.10. The summed E-state index contributed by atoms with van der Waals surface area (Å²) in [7, 11) is 1.80. The number of carbonyl (C=O) groups excluding carboxylic acids is 1. The molecule has 2 saturated heterocycles. The molecule has 0 aliphatic carbocycles. The number of rotatable bonds is 2. The molecule has 6 nitrogen and oxygen atoms in total. The minimum atomic E-state index is -0.957. The molecule has 2 aliphatic rings. The Labute approximate surface area is 146 Å². The van der Waals surface area contributed by atoms with Gasteiger partial charge in [-0.15, -0.1) is 0 Å². The van der Waals surface area contributed by atoms with Crippen molar-refractivity contribution in [2.45, 2.75) is 31.8 Å². The summed E-state index contributed by atoms with van der Waals surface area (Å²) < 4.78 is 13.4. The van der Waals surface area contributed by atoms with Crippen LogP contribution in [0.3, 0.4) is 0 Å². The summed E-state index contributed by atoms with van der Waals surface area (Å²) in [5, 5.41) is 9.57. The Balaban J connectivity index is 1.83. The molecule has 0 aromatic heterocycles. The summed E-state index contributed by atoms with van der Waals surface area (Å²) >= 11 is 0. The molecule has 136 valence electrons. The zero-order chi connectivity index (χ0) is 18.1. The van der Waals surface area contributed by atoms with Gasteiger partial charge >= 0.3 is 6.09 Å². The van der Waals surface area contributed by atoms with E-state index in [1.54, 1.807) is 24.9 Å². The van der Waals surface area contributed by atoms with Gasteiger partial charge < -0.3 is 14.9 Å². The highest BCUT2D eigenvalue weighted by molar-refractivity contribution is 5.78. The number of halogens is 1. The number of likely N-dealkylation sites (N-methyl/N-ethyl adjacent to an activating group) is 1. The second kappa shape index (κ2) is 7.00. The molecule has 1 N–H and O–H groups in total. The lowest BCUT2D eigenvalue weighted by atomic mass is 9.88. The summed E-state index contributed by atoms with van der Waals surface area (Å²) in [6, 6.07) is 4.35. The Bertz CT molecular complexity index is 682.